The van der Waals surface area contributed by atoms with E-state index < -0.39 is 0 Å². The van der Waals surface area contributed by atoms with Crippen LogP contribution in [0.4, 0.5) is 0 Å². The van der Waals surface area contributed by atoms with Crippen molar-refractivity contribution in [1.82, 2.24) is 14.7 Å². The molecule has 1 aromatic carbocycles. The van der Waals surface area contributed by atoms with Crippen molar-refractivity contribution >= 4 is 11.6 Å². The lowest BCUT2D eigenvalue weighted by molar-refractivity contribution is 0.0894. The van der Waals surface area contributed by atoms with E-state index in [9.17, 15) is 4.79 Å². The second-order valence-corrected chi connectivity index (χ2v) is 6.50. The molecule has 1 unspecified atom stereocenters. The molecule has 0 aliphatic heterocycles. The lowest BCUT2D eigenvalue weighted by Gasteiger charge is -2.16. The molecule has 6 heteroatoms. The molecule has 3 aromatic rings. The van der Waals surface area contributed by atoms with Gasteiger partial charge in [-0.05, 0) is 49.2 Å². The third-order valence-electron chi connectivity index (χ3n) is 4.43. The van der Waals surface area contributed by atoms with E-state index in [2.05, 4.69) is 10.3 Å². The van der Waals surface area contributed by atoms with Crippen LogP contribution in [-0.4, -0.2) is 35.1 Å². The van der Waals surface area contributed by atoms with Gasteiger partial charge in [-0.2, -0.15) is 0 Å². The number of hydrogen-bond donors (Lipinski definition) is 1. The zero-order chi connectivity index (χ0) is 19.2. The van der Waals surface area contributed by atoms with Crippen molar-refractivity contribution in [3.63, 3.8) is 0 Å². The van der Waals surface area contributed by atoms with Crippen molar-refractivity contribution in [3.05, 3.63) is 65.6 Å². The average Bonchev–Trinajstić information content (AvgIpc) is 3.11. The molecule has 3 rings (SSSR count). The fraction of sp³-hybridized carbons (Fsp3) is 0.333. The highest BCUT2D eigenvalue weighted by molar-refractivity contribution is 5.94. The van der Waals surface area contributed by atoms with Crippen LogP contribution in [0.1, 0.15) is 35.0 Å². The Balaban J connectivity index is 1.60. The molecule has 27 heavy (non-hydrogen) atoms. The normalized spacial score (nSPS) is 12.1. The number of carbonyl (C=O) groups excluding carboxylic acids is 1. The van der Waals surface area contributed by atoms with Gasteiger partial charge < -0.3 is 19.2 Å². The van der Waals surface area contributed by atoms with Gasteiger partial charge in [0.25, 0.3) is 5.91 Å². The van der Waals surface area contributed by atoms with Crippen LogP contribution in [0.2, 0.25) is 0 Å². The van der Waals surface area contributed by atoms with Gasteiger partial charge in [0.2, 0.25) is 0 Å². The number of fused-ring (bicyclic) bond motifs is 1. The molecule has 1 amide bonds. The standard InChI is InChI=1S/C21H25N3O3/c1-4-17(13-26-3)23-21(25)16-7-9-19(10-8-16)27-14-18-12-24-11-5-6-15(2)20(24)22-18/h5-12,17H,4,13-14H2,1-3H3,(H,23,25). The van der Waals surface area contributed by atoms with E-state index in [1.54, 1.807) is 31.4 Å². The van der Waals surface area contributed by atoms with Gasteiger partial charge in [0.15, 0.2) is 0 Å². The second kappa shape index (κ2) is 8.68. The summed E-state index contributed by atoms with van der Waals surface area (Å²) in [5, 5.41) is 2.96. The molecular weight excluding hydrogens is 342 g/mol. The Morgan fingerprint density at radius 3 is 2.70 bits per heavy atom. The Hall–Kier alpha value is -2.86. The number of nitrogens with one attached hydrogen (secondary N) is 1. The first-order chi connectivity index (χ1) is 13.1. The Kier molecular flexibility index (Phi) is 6.08. The van der Waals surface area contributed by atoms with Crippen LogP contribution < -0.4 is 10.1 Å². The average molecular weight is 367 g/mol. The summed E-state index contributed by atoms with van der Waals surface area (Å²) < 4.78 is 12.9. The molecule has 0 fully saturated rings. The van der Waals surface area contributed by atoms with Gasteiger partial charge in [0.1, 0.15) is 18.0 Å². The molecule has 1 atom stereocenters. The zero-order valence-electron chi connectivity index (χ0n) is 15.9. The highest BCUT2D eigenvalue weighted by Gasteiger charge is 2.12. The minimum Gasteiger partial charge on any atom is -0.487 e. The summed E-state index contributed by atoms with van der Waals surface area (Å²) in [7, 11) is 1.63. The lowest BCUT2D eigenvalue weighted by Crippen LogP contribution is -2.37. The highest BCUT2D eigenvalue weighted by Crippen LogP contribution is 2.16. The smallest absolute Gasteiger partial charge is 0.251 e. The molecule has 0 saturated carbocycles. The van der Waals surface area contributed by atoms with Crippen LogP contribution in [0.3, 0.4) is 0 Å². The molecule has 6 nitrogen and oxygen atoms in total. The maximum atomic E-state index is 12.3. The Bertz CT molecular complexity index is 903. The van der Waals surface area contributed by atoms with E-state index in [0.29, 0.717) is 24.5 Å². The SMILES string of the molecule is CCC(COC)NC(=O)c1ccc(OCc2cn3cccc(C)c3n2)cc1. The molecule has 0 spiro atoms. The van der Waals surface area contributed by atoms with Crippen LogP contribution in [0, 0.1) is 6.92 Å². The summed E-state index contributed by atoms with van der Waals surface area (Å²) in [6.45, 7) is 4.93. The predicted octanol–water partition coefficient (Wildman–Crippen LogP) is 3.38. The van der Waals surface area contributed by atoms with E-state index in [0.717, 1.165) is 23.3 Å². The zero-order valence-corrected chi connectivity index (χ0v) is 15.9. The summed E-state index contributed by atoms with van der Waals surface area (Å²) in [5.74, 6) is 0.588. The van der Waals surface area contributed by atoms with Crippen LogP contribution in [0.5, 0.6) is 5.75 Å². The van der Waals surface area contributed by atoms with E-state index >= 15 is 0 Å². The monoisotopic (exact) mass is 367 g/mol. The van der Waals surface area contributed by atoms with Crippen molar-refractivity contribution < 1.29 is 14.3 Å². The number of carbonyl (C=O) groups is 1. The Morgan fingerprint density at radius 2 is 2.04 bits per heavy atom. The predicted molar refractivity (Wildman–Crippen MR) is 104 cm³/mol. The number of methoxy groups -OCH3 is 1. The van der Waals surface area contributed by atoms with Crippen molar-refractivity contribution in [2.75, 3.05) is 13.7 Å². The number of benzene rings is 1. The number of hydrogen-bond acceptors (Lipinski definition) is 4. The number of rotatable bonds is 8. The molecule has 1 N–H and O–H groups in total. The third-order valence-corrected chi connectivity index (χ3v) is 4.43. The molecule has 0 radical (unpaired) electrons. The number of aromatic nitrogens is 2. The van der Waals surface area contributed by atoms with Crippen LogP contribution in [-0.2, 0) is 11.3 Å². The van der Waals surface area contributed by atoms with Gasteiger partial charge in [0.05, 0.1) is 18.3 Å². The first-order valence-corrected chi connectivity index (χ1v) is 9.06. The minimum absolute atomic E-state index is 0.0110. The molecule has 2 heterocycles. The second-order valence-electron chi connectivity index (χ2n) is 6.50. The summed E-state index contributed by atoms with van der Waals surface area (Å²) in [4.78, 5) is 16.9. The van der Waals surface area contributed by atoms with Gasteiger partial charge >= 0.3 is 0 Å². The van der Waals surface area contributed by atoms with Crippen LogP contribution in [0.25, 0.3) is 5.65 Å². The van der Waals surface area contributed by atoms with E-state index in [-0.39, 0.29) is 11.9 Å². The molecule has 0 bridgehead atoms. The largest absolute Gasteiger partial charge is 0.487 e. The molecule has 0 saturated heterocycles. The van der Waals surface area contributed by atoms with Crippen molar-refractivity contribution in [3.8, 4) is 5.75 Å². The summed E-state index contributed by atoms with van der Waals surface area (Å²) in [5.41, 5.74) is 3.51. The van der Waals surface area contributed by atoms with Crippen LogP contribution in [0.15, 0.2) is 48.8 Å². The van der Waals surface area contributed by atoms with Gasteiger partial charge in [-0.25, -0.2) is 4.98 Å². The topological polar surface area (TPSA) is 64.9 Å². The molecule has 2 aromatic heterocycles. The number of ether oxygens (including phenoxy) is 2. The van der Waals surface area contributed by atoms with Gasteiger partial charge in [-0.15, -0.1) is 0 Å². The first kappa shape index (κ1) is 18.9. The van der Waals surface area contributed by atoms with E-state index in [1.807, 2.05) is 42.8 Å². The van der Waals surface area contributed by atoms with Crippen molar-refractivity contribution in [1.29, 1.82) is 0 Å². The number of aryl methyl sites for hydroxylation is 1. The fourth-order valence-electron chi connectivity index (χ4n) is 2.87. The lowest BCUT2D eigenvalue weighted by atomic mass is 10.1. The summed E-state index contributed by atoms with van der Waals surface area (Å²) in [6.07, 6.45) is 4.75. The molecule has 142 valence electrons. The number of amides is 1. The molecular formula is C21H25N3O3. The van der Waals surface area contributed by atoms with E-state index in [4.69, 9.17) is 9.47 Å². The third kappa shape index (κ3) is 4.65. The summed E-state index contributed by atoms with van der Waals surface area (Å²) in [6, 6.07) is 11.2. The number of nitrogens with zero attached hydrogens (tertiary/aromatic N) is 2. The van der Waals surface area contributed by atoms with Crippen molar-refractivity contribution in [2.24, 2.45) is 0 Å². The highest BCUT2D eigenvalue weighted by atomic mass is 16.5. The number of pyridine rings is 1. The Labute approximate surface area is 159 Å². The number of imidazole rings is 1. The maximum Gasteiger partial charge on any atom is 0.251 e. The quantitative estimate of drug-likeness (QED) is 0.663. The molecule has 0 aliphatic carbocycles. The Morgan fingerprint density at radius 1 is 1.26 bits per heavy atom. The van der Waals surface area contributed by atoms with Gasteiger partial charge in [0, 0.05) is 25.1 Å². The van der Waals surface area contributed by atoms with Crippen molar-refractivity contribution in [2.45, 2.75) is 32.9 Å². The maximum absolute atomic E-state index is 12.3. The fourth-order valence-corrected chi connectivity index (χ4v) is 2.87. The van der Waals surface area contributed by atoms with E-state index in [1.165, 1.54) is 0 Å². The first-order valence-electron chi connectivity index (χ1n) is 9.06. The van der Waals surface area contributed by atoms with Gasteiger partial charge in [-0.3, -0.25) is 4.79 Å². The summed E-state index contributed by atoms with van der Waals surface area (Å²) >= 11 is 0. The minimum atomic E-state index is -0.110. The van der Waals surface area contributed by atoms with Crippen LogP contribution >= 0.6 is 0 Å². The molecule has 0 aliphatic rings. The van der Waals surface area contributed by atoms with Gasteiger partial charge in [-0.1, -0.05) is 13.0 Å².